The third-order valence-electron chi connectivity index (χ3n) is 5.31. The predicted molar refractivity (Wildman–Crippen MR) is 132 cm³/mol. The molecular weight excluding hydrogens is 450 g/mol. The molecule has 4 aromatic rings. The van der Waals surface area contributed by atoms with E-state index in [4.69, 9.17) is 14.2 Å². The van der Waals surface area contributed by atoms with E-state index in [0.29, 0.717) is 39.7 Å². The largest absolute Gasteiger partial charge is 0.493 e. The number of nitrogens with one attached hydrogen (secondary N) is 2. The second-order valence-electron chi connectivity index (χ2n) is 8.01. The molecule has 0 saturated carbocycles. The average Bonchev–Trinajstić information content (AvgIpc) is 3.32. The van der Waals surface area contributed by atoms with Crippen LogP contribution in [0.15, 0.2) is 42.9 Å². The molecule has 2 aromatic carbocycles. The Balaban J connectivity index is 1.51. The maximum absolute atomic E-state index is 12.4. The van der Waals surface area contributed by atoms with Gasteiger partial charge in [-0.1, -0.05) is 19.1 Å². The molecule has 2 heterocycles. The average molecular weight is 478 g/mol. The first-order chi connectivity index (χ1) is 16.9. The van der Waals surface area contributed by atoms with Gasteiger partial charge in [0.05, 0.1) is 37.9 Å². The number of methoxy groups -OCH3 is 3. The number of aromatic nitrogens is 5. The lowest BCUT2D eigenvalue weighted by molar-refractivity contribution is -0.116. The molecule has 0 spiro atoms. The summed E-state index contributed by atoms with van der Waals surface area (Å²) in [5.41, 5.74) is 2.90. The van der Waals surface area contributed by atoms with Gasteiger partial charge in [0.15, 0.2) is 11.5 Å². The van der Waals surface area contributed by atoms with Crippen LogP contribution < -0.4 is 24.8 Å². The van der Waals surface area contributed by atoms with E-state index in [1.807, 2.05) is 26.0 Å². The SMILES string of the molecule is COc1cc2ncnc(Nc3ccc(NC(=O)Cn4cc(C(C)C)nn4)cc3)c2c(OC)c1OC. The van der Waals surface area contributed by atoms with Crippen LogP contribution in [0.25, 0.3) is 10.9 Å². The minimum absolute atomic E-state index is 0.0811. The highest BCUT2D eigenvalue weighted by atomic mass is 16.5. The summed E-state index contributed by atoms with van der Waals surface area (Å²) in [6.07, 6.45) is 3.24. The monoisotopic (exact) mass is 477 g/mol. The molecule has 2 aromatic heterocycles. The summed E-state index contributed by atoms with van der Waals surface area (Å²) in [6, 6.07) is 9.03. The Labute approximate surface area is 202 Å². The maximum Gasteiger partial charge on any atom is 0.246 e. The summed E-state index contributed by atoms with van der Waals surface area (Å²) in [5.74, 6) is 2.01. The Morgan fingerprint density at radius 1 is 1.00 bits per heavy atom. The number of hydrogen-bond donors (Lipinski definition) is 2. The lowest BCUT2D eigenvalue weighted by Crippen LogP contribution is -2.19. The van der Waals surface area contributed by atoms with Crippen LogP contribution in [0.2, 0.25) is 0 Å². The van der Waals surface area contributed by atoms with Gasteiger partial charge in [0.1, 0.15) is 18.7 Å². The third-order valence-corrected chi connectivity index (χ3v) is 5.31. The summed E-state index contributed by atoms with van der Waals surface area (Å²) < 4.78 is 18.0. The zero-order chi connectivity index (χ0) is 24.9. The molecule has 0 saturated heterocycles. The summed E-state index contributed by atoms with van der Waals surface area (Å²) in [6.45, 7) is 4.13. The van der Waals surface area contributed by atoms with Gasteiger partial charge < -0.3 is 24.8 Å². The van der Waals surface area contributed by atoms with Gasteiger partial charge in [-0.15, -0.1) is 5.10 Å². The number of ether oxygens (including phenoxy) is 3. The number of carbonyl (C=O) groups excluding carboxylic acids is 1. The highest BCUT2D eigenvalue weighted by Gasteiger charge is 2.20. The van der Waals surface area contributed by atoms with Crippen LogP contribution in [-0.4, -0.2) is 52.2 Å². The van der Waals surface area contributed by atoms with Crippen molar-refractivity contribution < 1.29 is 19.0 Å². The van der Waals surface area contributed by atoms with Gasteiger partial charge in [-0.05, 0) is 30.2 Å². The number of amides is 1. The first-order valence-electron chi connectivity index (χ1n) is 10.9. The molecular formula is C24H27N7O4. The van der Waals surface area contributed by atoms with Gasteiger partial charge in [0.25, 0.3) is 0 Å². The van der Waals surface area contributed by atoms with Crippen LogP contribution in [0.5, 0.6) is 17.2 Å². The molecule has 2 N–H and O–H groups in total. The number of fused-ring (bicyclic) bond motifs is 1. The standard InChI is InChI=1S/C24H27N7O4/c1-14(2)18-11-31(30-29-18)12-20(32)27-15-6-8-16(9-7-15)28-24-21-17(25-13-26-24)10-19(33-3)22(34-4)23(21)35-5/h6-11,13-14H,12H2,1-5H3,(H,27,32)(H,25,26,28). The highest BCUT2D eigenvalue weighted by molar-refractivity contribution is 5.99. The molecule has 0 bridgehead atoms. The molecule has 0 atom stereocenters. The van der Waals surface area contributed by atoms with E-state index in [1.54, 1.807) is 45.7 Å². The Morgan fingerprint density at radius 2 is 1.71 bits per heavy atom. The minimum Gasteiger partial charge on any atom is -0.493 e. The molecule has 0 aliphatic heterocycles. The minimum atomic E-state index is -0.196. The molecule has 0 unspecified atom stereocenters. The highest BCUT2D eigenvalue weighted by Crippen LogP contribution is 2.45. The second-order valence-corrected chi connectivity index (χ2v) is 8.01. The van der Waals surface area contributed by atoms with E-state index < -0.39 is 0 Å². The Hall–Kier alpha value is -4.41. The van der Waals surface area contributed by atoms with Gasteiger partial charge in [0, 0.05) is 23.6 Å². The van der Waals surface area contributed by atoms with Crippen LogP contribution in [0.3, 0.4) is 0 Å². The van der Waals surface area contributed by atoms with Crippen LogP contribution >= 0.6 is 0 Å². The molecule has 11 heteroatoms. The molecule has 182 valence electrons. The van der Waals surface area contributed by atoms with E-state index in [0.717, 1.165) is 11.4 Å². The molecule has 11 nitrogen and oxygen atoms in total. The summed E-state index contributed by atoms with van der Waals surface area (Å²) in [5, 5.41) is 14.9. The first-order valence-corrected chi connectivity index (χ1v) is 10.9. The molecule has 4 rings (SSSR count). The van der Waals surface area contributed by atoms with E-state index in [9.17, 15) is 4.79 Å². The fraction of sp³-hybridized carbons (Fsp3) is 0.292. The summed E-state index contributed by atoms with van der Waals surface area (Å²) in [4.78, 5) is 21.1. The number of anilines is 3. The van der Waals surface area contributed by atoms with Crippen molar-refractivity contribution in [3.05, 3.63) is 48.5 Å². The van der Waals surface area contributed by atoms with Crippen molar-refractivity contribution in [2.24, 2.45) is 0 Å². The quantitative estimate of drug-likeness (QED) is 0.371. The van der Waals surface area contributed by atoms with Crippen molar-refractivity contribution >= 4 is 34.0 Å². The van der Waals surface area contributed by atoms with E-state index in [2.05, 4.69) is 30.9 Å². The van der Waals surface area contributed by atoms with Gasteiger partial charge in [-0.2, -0.15) is 0 Å². The van der Waals surface area contributed by atoms with Crippen molar-refractivity contribution in [1.29, 1.82) is 0 Å². The normalized spacial score (nSPS) is 10.9. The van der Waals surface area contributed by atoms with Crippen molar-refractivity contribution in [3.63, 3.8) is 0 Å². The van der Waals surface area contributed by atoms with Crippen LogP contribution in [0, 0.1) is 0 Å². The fourth-order valence-corrected chi connectivity index (χ4v) is 3.56. The van der Waals surface area contributed by atoms with Crippen LogP contribution in [-0.2, 0) is 11.3 Å². The number of nitrogens with zero attached hydrogens (tertiary/aromatic N) is 5. The summed E-state index contributed by atoms with van der Waals surface area (Å²) in [7, 11) is 4.65. The Bertz CT molecular complexity index is 1340. The Kier molecular flexibility index (Phi) is 6.95. The van der Waals surface area contributed by atoms with Crippen LogP contribution in [0.4, 0.5) is 17.2 Å². The van der Waals surface area contributed by atoms with Crippen molar-refractivity contribution in [1.82, 2.24) is 25.0 Å². The number of carbonyl (C=O) groups is 1. The lowest BCUT2D eigenvalue weighted by Gasteiger charge is -2.16. The topological polar surface area (TPSA) is 125 Å². The number of benzene rings is 2. The van der Waals surface area contributed by atoms with Crippen molar-refractivity contribution in [3.8, 4) is 17.2 Å². The molecule has 0 radical (unpaired) electrons. The zero-order valence-corrected chi connectivity index (χ0v) is 20.2. The Morgan fingerprint density at radius 3 is 2.34 bits per heavy atom. The van der Waals surface area contributed by atoms with Crippen molar-refractivity contribution in [2.45, 2.75) is 26.3 Å². The lowest BCUT2D eigenvalue weighted by atomic mass is 10.1. The fourth-order valence-electron chi connectivity index (χ4n) is 3.56. The smallest absolute Gasteiger partial charge is 0.246 e. The first kappa shape index (κ1) is 23.7. The van der Waals surface area contributed by atoms with Gasteiger partial charge in [-0.25, -0.2) is 14.6 Å². The van der Waals surface area contributed by atoms with E-state index in [-0.39, 0.29) is 18.4 Å². The second kappa shape index (κ2) is 10.2. The molecule has 0 aliphatic carbocycles. The van der Waals surface area contributed by atoms with E-state index >= 15 is 0 Å². The predicted octanol–water partition coefficient (Wildman–Crippen LogP) is 3.75. The zero-order valence-electron chi connectivity index (χ0n) is 20.2. The number of hydrogen-bond acceptors (Lipinski definition) is 9. The van der Waals surface area contributed by atoms with Crippen LogP contribution in [0.1, 0.15) is 25.5 Å². The molecule has 35 heavy (non-hydrogen) atoms. The number of rotatable bonds is 9. The van der Waals surface area contributed by atoms with E-state index in [1.165, 1.54) is 11.0 Å². The van der Waals surface area contributed by atoms with Gasteiger partial charge >= 0.3 is 0 Å². The summed E-state index contributed by atoms with van der Waals surface area (Å²) >= 11 is 0. The van der Waals surface area contributed by atoms with Crippen molar-refractivity contribution in [2.75, 3.05) is 32.0 Å². The third kappa shape index (κ3) is 5.08. The van der Waals surface area contributed by atoms with Gasteiger partial charge in [0.2, 0.25) is 11.7 Å². The van der Waals surface area contributed by atoms with Gasteiger partial charge in [-0.3, -0.25) is 4.79 Å². The molecule has 0 aliphatic rings. The maximum atomic E-state index is 12.4. The molecule has 1 amide bonds. The molecule has 0 fully saturated rings.